The van der Waals surface area contributed by atoms with E-state index in [2.05, 4.69) is 0 Å². The summed E-state index contributed by atoms with van der Waals surface area (Å²) in [6, 6.07) is 6.33. The molecule has 0 saturated heterocycles. The molecule has 0 fully saturated rings. The maximum absolute atomic E-state index is 12.0. The molecule has 0 aromatic heterocycles. The lowest BCUT2D eigenvalue weighted by Crippen LogP contribution is -2.39. The second kappa shape index (κ2) is 5.38. The Kier molecular flexibility index (Phi) is 3.82. The SMILES string of the molecule is CCCC(OC1C(=O)c2ccccc2N1[O-])C(=O)O. The minimum atomic E-state index is -1.40. The summed E-state index contributed by atoms with van der Waals surface area (Å²) < 4.78 is 5.18. The van der Waals surface area contributed by atoms with E-state index < -0.39 is 24.1 Å². The number of aliphatic carboxylic acids is 1. The fourth-order valence-electron chi connectivity index (χ4n) is 2.02. The van der Waals surface area contributed by atoms with Crippen LogP contribution in [-0.2, 0) is 9.53 Å². The van der Waals surface area contributed by atoms with Crippen LogP contribution in [0.25, 0.3) is 0 Å². The lowest BCUT2D eigenvalue weighted by molar-refractivity contribution is -0.152. The number of hydrogen-bond acceptors (Lipinski definition) is 5. The van der Waals surface area contributed by atoms with E-state index in [1.54, 1.807) is 19.1 Å². The fourth-order valence-corrected chi connectivity index (χ4v) is 2.02. The van der Waals surface area contributed by atoms with Crippen molar-refractivity contribution in [2.75, 3.05) is 5.06 Å². The summed E-state index contributed by atoms with van der Waals surface area (Å²) in [4.78, 5) is 23.0. The molecule has 0 bridgehead atoms. The molecule has 19 heavy (non-hydrogen) atoms. The Morgan fingerprint density at radius 2 is 2.21 bits per heavy atom. The maximum Gasteiger partial charge on any atom is 0.332 e. The van der Waals surface area contributed by atoms with Crippen LogP contribution in [-0.4, -0.2) is 29.2 Å². The fraction of sp³-hybridized carbons (Fsp3) is 0.385. The molecule has 0 spiro atoms. The number of carboxylic acids is 1. The Hall–Kier alpha value is -1.92. The summed E-state index contributed by atoms with van der Waals surface area (Å²) in [5.74, 6) is -1.66. The Balaban J connectivity index is 2.19. The van der Waals surface area contributed by atoms with Crippen LogP contribution < -0.4 is 5.06 Å². The Labute approximate surface area is 110 Å². The second-order valence-electron chi connectivity index (χ2n) is 4.31. The number of carbonyl (C=O) groups excluding carboxylic acids is 1. The third-order valence-corrected chi connectivity index (χ3v) is 2.96. The summed E-state index contributed by atoms with van der Waals surface area (Å²) in [5.41, 5.74) is 0.487. The molecule has 1 aromatic carbocycles. The van der Waals surface area contributed by atoms with Crippen molar-refractivity contribution in [1.29, 1.82) is 0 Å². The number of rotatable bonds is 5. The first kappa shape index (κ1) is 13.5. The summed E-state index contributed by atoms with van der Waals surface area (Å²) in [7, 11) is 0. The zero-order chi connectivity index (χ0) is 14.0. The van der Waals surface area contributed by atoms with Gasteiger partial charge in [0.15, 0.2) is 12.3 Å². The van der Waals surface area contributed by atoms with Gasteiger partial charge in [-0.05, 0) is 18.6 Å². The molecule has 0 radical (unpaired) electrons. The predicted molar refractivity (Wildman–Crippen MR) is 67.8 cm³/mol. The van der Waals surface area contributed by atoms with Crippen LogP contribution in [0.1, 0.15) is 30.1 Å². The van der Waals surface area contributed by atoms with E-state index in [1.807, 2.05) is 0 Å². The first-order valence-corrected chi connectivity index (χ1v) is 6.04. The minimum absolute atomic E-state index is 0.220. The molecule has 2 rings (SSSR count). The molecule has 6 heteroatoms. The number of ketones is 1. The number of anilines is 1. The first-order valence-electron chi connectivity index (χ1n) is 6.04. The van der Waals surface area contributed by atoms with E-state index in [-0.39, 0.29) is 17.7 Å². The van der Waals surface area contributed by atoms with Crippen molar-refractivity contribution in [1.82, 2.24) is 0 Å². The van der Waals surface area contributed by atoms with E-state index in [4.69, 9.17) is 9.84 Å². The van der Waals surface area contributed by atoms with Gasteiger partial charge in [0.25, 0.3) is 0 Å². The number of nitrogens with zero attached hydrogens (tertiary/aromatic N) is 1. The summed E-state index contributed by atoms with van der Waals surface area (Å²) >= 11 is 0. The van der Waals surface area contributed by atoms with Crippen LogP contribution >= 0.6 is 0 Å². The second-order valence-corrected chi connectivity index (χ2v) is 4.31. The molecule has 0 saturated carbocycles. The van der Waals surface area contributed by atoms with E-state index in [0.717, 1.165) is 0 Å². The standard InChI is InChI=1S/C13H14NO5/c1-2-5-10(13(16)17)19-12-11(15)8-6-3-4-7-9(8)14(12)18/h3-4,6-7,10,12H,2,5H2,1H3,(H,16,17)/q-1. The number of Topliss-reactive ketones (excluding diaryl/α,β-unsaturated/α-hetero) is 1. The highest BCUT2D eigenvalue weighted by atomic mass is 16.6. The van der Waals surface area contributed by atoms with Crippen LogP contribution in [0.3, 0.4) is 0 Å². The average molecular weight is 264 g/mol. The predicted octanol–water partition coefficient (Wildman–Crippen LogP) is 1.78. The molecule has 1 aliphatic rings. The number of ether oxygens (including phenoxy) is 1. The third-order valence-electron chi connectivity index (χ3n) is 2.96. The first-order chi connectivity index (χ1) is 9.06. The number of carboxylic acid groups (broad SMARTS) is 1. The highest BCUT2D eigenvalue weighted by molar-refractivity contribution is 6.10. The molecule has 6 nitrogen and oxygen atoms in total. The lowest BCUT2D eigenvalue weighted by Gasteiger charge is -2.33. The van der Waals surface area contributed by atoms with Crippen molar-refractivity contribution in [2.45, 2.75) is 32.1 Å². The van der Waals surface area contributed by atoms with Gasteiger partial charge in [-0.25, -0.2) is 4.79 Å². The van der Waals surface area contributed by atoms with Gasteiger partial charge in [-0.15, -0.1) is 0 Å². The number of hydrogen-bond donors (Lipinski definition) is 1. The van der Waals surface area contributed by atoms with Gasteiger partial charge in [0.2, 0.25) is 5.78 Å². The van der Waals surface area contributed by atoms with Crippen molar-refractivity contribution in [2.24, 2.45) is 0 Å². The van der Waals surface area contributed by atoms with Gasteiger partial charge in [-0.1, -0.05) is 25.5 Å². The highest BCUT2D eigenvalue weighted by Crippen LogP contribution is 2.32. The molecule has 1 heterocycles. The van der Waals surface area contributed by atoms with Gasteiger partial charge < -0.3 is 20.1 Å². The number of carbonyl (C=O) groups is 2. The van der Waals surface area contributed by atoms with Gasteiger partial charge >= 0.3 is 5.97 Å². The largest absolute Gasteiger partial charge is 0.756 e. The quantitative estimate of drug-likeness (QED) is 0.871. The molecule has 0 aliphatic carbocycles. The van der Waals surface area contributed by atoms with Crippen molar-refractivity contribution in [3.8, 4) is 0 Å². The van der Waals surface area contributed by atoms with Crippen LogP contribution in [0.15, 0.2) is 24.3 Å². The molecule has 102 valence electrons. The average Bonchev–Trinajstić information content (AvgIpc) is 2.63. The molecular formula is C13H14NO5-. The highest BCUT2D eigenvalue weighted by Gasteiger charge is 2.36. The minimum Gasteiger partial charge on any atom is -0.756 e. The van der Waals surface area contributed by atoms with Gasteiger partial charge in [0.05, 0.1) is 0 Å². The number of benzene rings is 1. The number of hydroxylamine groups is 1. The lowest BCUT2D eigenvalue weighted by atomic mass is 10.1. The zero-order valence-electron chi connectivity index (χ0n) is 10.4. The van der Waals surface area contributed by atoms with Crippen molar-refractivity contribution in [3.05, 3.63) is 35.0 Å². The molecule has 1 aromatic rings. The molecule has 2 atom stereocenters. The normalized spacial score (nSPS) is 19.4. The van der Waals surface area contributed by atoms with Crippen molar-refractivity contribution < 1.29 is 19.4 Å². The van der Waals surface area contributed by atoms with Crippen LogP contribution in [0.4, 0.5) is 5.69 Å². The molecule has 1 N–H and O–H groups in total. The van der Waals surface area contributed by atoms with Gasteiger partial charge in [0, 0.05) is 11.3 Å². The van der Waals surface area contributed by atoms with Crippen LogP contribution in [0.2, 0.25) is 0 Å². The molecule has 2 unspecified atom stereocenters. The molecule has 0 amide bonds. The Morgan fingerprint density at radius 3 is 2.79 bits per heavy atom. The van der Waals surface area contributed by atoms with Gasteiger partial charge in [-0.3, -0.25) is 4.79 Å². The zero-order valence-corrected chi connectivity index (χ0v) is 10.4. The Morgan fingerprint density at radius 1 is 1.53 bits per heavy atom. The van der Waals surface area contributed by atoms with E-state index in [0.29, 0.717) is 11.5 Å². The summed E-state index contributed by atoms with van der Waals surface area (Å²) in [6.45, 7) is 1.81. The van der Waals surface area contributed by atoms with Gasteiger partial charge in [-0.2, -0.15) is 0 Å². The van der Waals surface area contributed by atoms with E-state index >= 15 is 0 Å². The van der Waals surface area contributed by atoms with Crippen molar-refractivity contribution >= 4 is 17.4 Å². The smallest absolute Gasteiger partial charge is 0.332 e. The molecular weight excluding hydrogens is 250 g/mol. The summed E-state index contributed by atoms with van der Waals surface area (Å²) in [5, 5.41) is 21.4. The molecule has 1 aliphatic heterocycles. The summed E-state index contributed by atoms with van der Waals surface area (Å²) in [6.07, 6.45) is -1.71. The van der Waals surface area contributed by atoms with Gasteiger partial charge in [0.1, 0.15) is 0 Å². The monoisotopic (exact) mass is 264 g/mol. The Bertz CT molecular complexity index is 502. The van der Waals surface area contributed by atoms with Crippen LogP contribution in [0, 0.1) is 5.21 Å². The van der Waals surface area contributed by atoms with Crippen LogP contribution in [0.5, 0.6) is 0 Å². The third kappa shape index (κ3) is 2.45. The maximum atomic E-state index is 12.0. The number of fused-ring (bicyclic) bond motifs is 1. The van der Waals surface area contributed by atoms with E-state index in [9.17, 15) is 14.8 Å². The topological polar surface area (TPSA) is 89.9 Å². The number of para-hydroxylation sites is 1. The van der Waals surface area contributed by atoms with E-state index in [1.165, 1.54) is 12.1 Å². The van der Waals surface area contributed by atoms with Crippen molar-refractivity contribution in [3.63, 3.8) is 0 Å².